The number of aromatic nitrogens is 1. The summed E-state index contributed by atoms with van der Waals surface area (Å²) in [6.45, 7) is 0. The van der Waals surface area contributed by atoms with Gasteiger partial charge in [-0.2, -0.15) is 5.26 Å². The van der Waals surface area contributed by atoms with E-state index in [-0.39, 0.29) is 5.91 Å². The van der Waals surface area contributed by atoms with Crippen molar-refractivity contribution in [3.8, 4) is 6.07 Å². The molecule has 1 aliphatic rings. The van der Waals surface area contributed by atoms with Crippen molar-refractivity contribution in [3.05, 3.63) is 65.4 Å². The Bertz CT molecular complexity index is 1070. The maximum Gasteiger partial charge on any atom is 0.225 e. The smallest absolute Gasteiger partial charge is 0.225 e. The molecular formula is C23H21N3OS. The molecule has 4 nitrogen and oxygen atoms in total. The minimum Gasteiger partial charge on any atom is -0.325 e. The second-order valence-corrected chi connectivity index (χ2v) is 8.02. The monoisotopic (exact) mass is 387 g/mol. The number of carbonyl (C=O) groups excluding carboxylic acids is 1. The van der Waals surface area contributed by atoms with Gasteiger partial charge < -0.3 is 5.32 Å². The minimum atomic E-state index is -0.0275. The van der Waals surface area contributed by atoms with Gasteiger partial charge >= 0.3 is 0 Å². The Morgan fingerprint density at radius 1 is 1.14 bits per heavy atom. The van der Waals surface area contributed by atoms with E-state index in [1.807, 2.05) is 48.5 Å². The quantitative estimate of drug-likeness (QED) is 0.618. The highest BCUT2D eigenvalue weighted by atomic mass is 32.2. The molecule has 0 aliphatic heterocycles. The molecule has 4 rings (SSSR count). The summed E-state index contributed by atoms with van der Waals surface area (Å²) in [5.41, 5.74) is 3.78. The molecule has 0 bridgehead atoms. The standard InChI is InChI=1S/C23H21N3OS/c24-15-18-14-17-7-2-4-10-20(17)26-23(18)28-13-12-22(27)25-21-11-5-8-16-6-1-3-9-19(16)21/h1,3,5-6,8-9,11,14H,2,4,7,10,12-13H2,(H,25,27). The highest BCUT2D eigenvalue weighted by molar-refractivity contribution is 7.99. The molecule has 0 fully saturated rings. The fraction of sp³-hybridized carbons (Fsp3) is 0.261. The molecule has 1 aliphatic carbocycles. The van der Waals surface area contributed by atoms with Crippen LogP contribution in [0.5, 0.6) is 0 Å². The van der Waals surface area contributed by atoms with Gasteiger partial charge in [0.2, 0.25) is 5.91 Å². The van der Waals surface area contributed by atoms with E-state index in [2.05, 4.69) is 11.4 Å². The van der Waals surface area contributed by atoms with Crippen LogP contribution >= 0.6 is 11.8 Å². The summed E-state index contributed by atoms with van der Waals surface area (Å²) in [6.07, 6.45) is 4.69. The molecule has 1 N–H and O–H groups in total. The molecule has 2 aromatic carbocycles. The van der Waals surface area contributed by atoms with E-state index in [9.17, 15) is 10.1 Å². The van der Waals surface area contributed by atoms with Crippen molar-refractivity contribution in [2.24, 2.45) is 0 Å². The molecule has 0 atom stereocenters. The number of fused-ring (bicyclic) bond motifs is 2. The molecule has 1 amide bonds. The highest BCUT2D eigenvalue weighted by Gasteiger charge is 2.16. The number of benzene rings is 2. The molecule has 0 saturated heterocycles. The molecule has 5 heteroatoms. The third-order valence-electron chi connectivity index (χ3n) is 5.02. The van der Waals surface area contributed by atoms with Crippen LogP contribution in [0.2, 0.25) is 0 Å². The third kappa shape index (κ3) is 4.02. The maximum atomic E-state index is 12.4. The van der Waals surface area contributed by atoms with Crippen LogP contribution in [-0.4, -0.2) is 16.6 Å². The van der Waals surface area contributed by atoms with Crippen molar-refractivity contribution in [1.29, 1.82) is 5.26 Å². The van der Waals surface area contributed by atoms with Crippen LogP contribution in [0.1, 0.15) is 36.1 Å². The van der Waals surface area contributed by atoms with E-state index >= 15 is 0 Å². The van der Waals surface area contributed by atoms with Gasteiger partial charge in [-0.15, -0.1) is 11.8 Å². The number of amides is 1. The molecule has 0 radical (unpaired) electrons. The summed E-state index contributed by atoms with van der Waals surface area (Å²) in [4.78, 5) is 17.1. The lowest BCUT2D eigenvalue weighted by Gasteiger charge is -2.16. The van der Waals surface area contributed by atoms with E-state index in [0.717, 1.165) is 46.4 Å². The number of hydrogen-bond acceptors (Lipinski definition) is 4. The largest absolute Gasteiger partial charge is 0.325 e. The molecule has 0 unspecified atom stereocenters. The summed E-state index contributed by atoms with van der Waals surface area (Å²) in [5.74, 6) is 0.567. The molecule has 28 heavy (non-hydrogen) atoms. The van der Waals surface area contributed by atoms with Crippen LogP contribution in [0.25, 0.3) is 10.8 Å². The average molecular weight is 388 g/mol. The summed E-state index contributed by atoms with van der Waals surface area (Å²) < 4.78 is 0. The van der Waals surface area contributed by atoms with Crippen molar-refractivity contribution in [3.63, 3.8) is 0 Å². The number of anilines is 1. The first-order valence-corrected chi connectivity index (χ1v) is 10.6. The molecule has 140 valence electrons. The first-order valence-electron chi connectivity index (χ1n) is 9.58. The highest BCUT2D eigenvalue weighted by Crippen LogP contribution is 2.28. The summed E-state index contributed by atoms with van der Waals surface area (Å²) >= 11 is 1.49. The molecule has 0 spiro atoms. The number of aryl methyl sites for hydroxylation is 2. The van der Waals surface area contributed by atoms with Gasteiger partial charge in [0.05, 0.1) is 5.56 Å². The Morgan fingerprint density at radius 2 is 1.96 bits per heavy atom. The predicted molar refractivity (Wildman–Crippen MR) is 114 cm³/mol. The van der Waals surface area contributed by atoms with Gasteiger partial charge in [0, 0.05) is 28.9 Å². The number of nitrogens with one attached hydrogen (secondary N) is 1. The van der Waals surface area contributed by atoms with Gasteiger partial charge in [-0.05, 0) is 48.8 Å². The Kier molecular flexibility index (Phi) is 5.59. The van der Waals surface area contributed by atoms with Crippen LogP contribution in [0.15, 0.2) is 53.6 Å². The minimum absolute atomic E-state index is 0.0275. The van der Waals surface area contributed by atoms with Gasteiger partial charge in [-0.1, -0.05) is 36.4 Å². The van der Waals surface area contributed by atoms with Crippen molar-refractivity contribution in [2.75, 3.05) is 11.1 Å². The third-order valence-corrected chi connectivity index (χ3v) is 6.01. The van der Waals surface area contributed by atoms with Crippen molar-refractivity contribution in [2.45, 2.75) is 37.1 Å². The van der Waals surface area contributed by atoms with Crippen molar-refractivity contribution in [1.82, 2.24) is 4.98 Å². The van der Waals surface area contributed by atoms with Gasteiger partial charge in [0.15, 0.2) is 0 Å². The number of pyridine rings is 1. The second kappa shape index (κ2) is 8.45. The van der Waals surface area contributed by atoms with Crippen LogP contribution in [0.3, 0.4) is 0 Å². The normalized spacial score (nSPS) is 13.0. The van der Waals surface area contributed by atoms with Crippen molar-refractivity contribution >= 4 is 34.1 Å². The predicted octanol–water partition coefficient (Wildman–Crippen LogP) is 5.11. The van der Waals surface area contributed by atoms with Crippen LogP contribution in [0.4, 0.5) is 5.69 Å². The molecular weight excluding hydrogens is 366 g/mol. The molecule has 1 aromatic heterocycles. The van der Waals surface area contributed by atoms with E-state index in [1.54, 1.807) is 0 Å². The Balaban J connectivity index is 1.40. The zero-order valence-electron chi connectivity index (χ0n) is 15.6. The van der Waals surface area contributed by atoms with E-state index < -0.39 is 0 Å². The number of nitriles is 1. The summed E-state index contributed by atoms with van der Waals surface area (Å²) in [6, 6.07) is 18.2. The first-order chi connectivity index (χ1) is 13.7. The van der Waals surface area contributed by atoms with Gasteiger partial charge in [0.1, 0.15) is 11.1 Å². The zero-order valence-corrected chi connectivity index (χ0v) is 16.4. The first kappa shape index (κ1) is 18.5. The van der Waals surface area contributed by atoms with Gasteiger partial charge in [0.25, 0.3) is 0 Å². The Morgan fingerprint density at radius 3 is 2.86 bits per heavy atom. The number of rotatable bonds is 5. The lowest BCUT2D eigenvalue weighted by atomic mass is 9.95. The maximum absolute atomic E-state index is 12.4. The number of hydrogen-bond donors (Lipinski definition) is 1. The Labute approximate surface area is 169 Å². The fourth-order valence-corrected chi connectivity index (χ4v) is 4.51. The van der Waals surface area contributed by atoms with E-state index in [4.69, 9.17) is 4.98 Å². The second-order valence-electron chi connectivity index (χ2n) is 6.94. The number of nitrogens with zero attached hydrogens (tertiary/aromatic N) is 2. The zero-order chi connectivity index (χ0) is 19.3. The topological polar surface area (TPSA) is 65.8 Å². The lowest BCUT2D eigenvalue weighted by molar-refractivity contribution is -0.115. The Hall–Kier alpha value is -2.84. The number of carbonyl (C=O) groups is 1. The molecule has 0 saturated carbocycles. The van der Waals surface area contributed by atoms with Crippen LogP contribution in [0, 0.1) is 11.3 Å². The van der Waals surface area contributed by atoms with Crippen molar-refractivity contribution < 1.29 is 4.79 Å². The summed E-state index contributed by atoms with van der Waals surface area (Å²) in [7, 11) is 0. The fourth-order valence-electron chi connectivity index (χ4n) is 3.59. The van der Waals surface area contributed by atoms with Crippen LogP contribution in [-0.2, 0) is 17.6 Å². The van der Waals surface area contributed by atoms with Crippen LogP contribution < -0.4 is 5.32 Å². The molecule has 3 aromatic rings. The van der Waals surface area contributed by atoms with E-state index in [1.165, 1.54) is 23.7 Å². The van der Waals surface area contributed by atoms with E-state index in [0.29, 0.717) is 17.7 Å². The SMILES string of the molecule is N#Cc1cc2c(nc1SCCC(=O)Nc1cccc3ccccc13)CCCC2. The lowest BCUT2D eigenvalue weighted by Crippen LogP contribution is -2.13. The average Bonchev–Trinajstić information content (AvgIpc) is 2.73. The van der Waals surface area contributed by atoms with Gasteiger partial charge in [-0.25, -0.2) is 4.98 Å². The number of thioether (sulfide) groups is 1. The summed E-state index contributed by atoms with van der Waals surface area (Å²) in [5, 5.41) is 15.3. The van der Waals surface area contributed by atoms with Gasteiger partial charge in [-0.3, -0.25) is 4.79 Å². The molecule has 1 heterocycles.